The Bertz CT molecular complexity index is 347. The highest BCUT2D eigenvalue weighted by atomic mass is 19.2. The first-order valence-corrected chi connectivity index (χ1v) is 5.34. The Morgan fingerprint density at radius 3 is 2.47 bits per heavy atom. The van der Waals surface area contributed by atoms with E-state index in [1.807, 2.05) is 7.05 Å². The number of benzene rings is 1. The largest absolute Gasteiger partial charge is 0.313 e. The Labute approximate surface area is 88.5 Å². The van der Waals surface area contributed by atoms with Crippen LogP contribution in [-0.4, -0.2) is 7.05 Å². The Hall–Kier alpha value is -0.960. The highest BCUT2D eigenvalue weighted by Gasteiger charge is 2.27. The van der Waals surface area contributed by atoms with Crippen LogP contribution >= 0.6 is 0 Å². The first kappa shape index (κ1) is 10.6. The average molecular weight is 211 g/mol. The Balaban J connectivity index is 2.21. The summed E-state index contributed by atoms with van der Waals surface area (Å²) in [6.07, 6.45) is 3.58. The monoisotopic (exact) mass is 211 g/mol. The van der Waals surface area contributed by atoms with Crippen molar-refractivity contribution in [2.45, 2.75) is 25.3 Å². The van der Waals surface area contributed by atoms with E-state index in [4.69, 9.17) is 0 Å². The van der Waals surface area contributed by atoms with Gasteiger partial charge in [0.1, 0.15) is 0 Å². The molecule has 1 aliphatic rings. The minimum atomic E-state index is -0.776. The second kappa shape index (κ2) is 4.27. The summed E-state index contributed by atoms with van der Waals surface area (Å²) in [6, 6.07) is 4.33. The molecule has 1 N–H and O–H groups in total. The maximum Gasteiger partial charge on any atom is 0.159 e. The molecule has 1 aliphatic carbocycles. The van der Waals surface area contributed by atoms with Crippen LogP contribution in [0, 0.1) is 17.6 Å². The van der Waals surface area contributed by atoms with Crippen LogP contribution in [0.5, 0.6) is 0 Å². The number of hydrogen-bond acceptors (Lipinski definition) is 1. The third-order valence-electron chi connectivity index (χ3n) is 3.24. The van der Waals surface area contributed by atoms with Crippen molar-refractivity contribution in [1.82, 2.24) is 5.32 Å². The zero-order chi connectivity index (χ0) is 10.8. The van der Waals surface area contributed by atoms with Gasteiger partial charge in [-0.3, -0.25) is 0 Å². The van der Waals surface area contributed by atoms with Crippen LogP contribution in [-0.2, 0) is 0 Å². The summed E-state index contributed by atoms with van der Waals surface area (Å²) in [6.45, 7) is 0. The van der Waals surface area contributed by atoms with Crippen molar-refractivity contribution in [3.8, 4) is 0 Å². The molecule has 3 heteroatoms. The number of nitrogens with one attached hydrogen (secondary N) is 1. The number of hydrogen-bond donors (Lipinski definition) is 1. The maximum absolute atomic E-state index is 13.1. The van der Waals surface area contributed by atoms with Gasteiger partial charge in [0.05, 0.1) is 0 Å². The molecule has 1 aromatic carbocycles. The average Bonchev–Trinajstić information content (AvgIpc) is 2.16. The Kier molecular flexibility index (Phi) is 3.00. The SMILES string of the molecule is CNC(c1ccc(F)c(F)c1)C1CCC1. The van der Waals surface area contributed by atoms with Gasteiger partial charge in [-0.15, -0.1) is 0 Å². The van der Waals surface area contributed by atoms with Gasteiger partial charge in [0.15, 0.2) is 11.6 Å². The molecule has 0 spiro atoms. The third-order valence-corrected chi connectivity index (χ3v) is 3.24. The molecule has 0 amide bonds. The zero-order valence-electron chi connectivity index (χ0n) is 8.76. The summed E-state index contributed by atoms with van der Waals surface area (Å²) < 4.78 is 25.8. The Morgan fingerprint density at radius 1 is 1.27 bits per heavy atom. The molecule has 1 atom stereocenters. The third kappa shape index (κ3) is 2.02. The summed E-state index contributed by atoms with van der Waals surface area (Å²) in [5.74, 6) is -0.964. The summed E-state index contributed by atoms with van der Waals surface area (Å²) in [4.78, 5) is 0. The van der Waals surface area contributed by atoms with Crippen molar-refractivity contribution >= 4 is 0 Å². The highest BCUT2D eigenvalue weighted by molar-refractivity contribution is 5.22. The van der Waals surface area contributed by atoms with Gasteiger partial charge >= 0.3 is 0 Å². The molecule has 0 aliphatic heterocycles. The quantitative estimate of drug-likeness (QED) is 0.810. The van der Waals surface area contributed by atoms with Crippen LogP contribution in [0.3, 0.4) is 0 Å². The minimum absolute atomic E-state index is 0.161. The van der Waals surface area contributed by atoms with Crippen LogP contribution < -0.4 is 5.32 Å². The molecule has 1 unspecified atom stereocenters. The minimum Gasteiger partial charge on any atom is -0.313 e. The van der Waals surface area contributed by atoms with E-state index >= 15 is 0 Å². The molecule has 0 heterocycles. The first-order valence-electron chi connectivity index (χ1n) is 5.34. The molecule has 0 radical (unpaired) electrons. The molecular weight excluding hydrogens is 196 g/mol. The van der Waals surface area contributed by atoms with Gasteiger partial charge in [-0.2, -0.15) is 0 Å². The first-order chi connectivity index (χ1) is 7.22. The summed E-state index contributed by atoms with van der Waals surface area (Å²) in [7, 11) is 1.87. The fourth-order valence-electron chi connectivity index (χ4n) is 2.15. The number of halogens is 2. The van der Waals surface area contributed by atoms with E-state index in [-0.39, 0.29) is 6.04 Å². The zero-order valence-corrected chi connectivity index (χ0v) is 8.76. The fraction of sp³-hybridized carbons (Fsp3) is 0.500. The van der Waals surface area contributed by atoms with Crippen molar-refractivity contribution in [1.29, 1.82) is 0 Å². The van der Waals surface area contributed by atoms with Crippen LogP contribution in [0.1, 0.15) is 30.9 Å². The van der Waals surface area contributed by atoms with Gasteiger partial charge in [0, 0.05) is 6.04 Å². The van der Waals surface area contributed by atoms with E-state index in [0.29, 0.717) is 5.92 Å². The fourth-order valence-corrected chi connectivity index (χ4v) is 2.15. The molecule has 15 heavy (non-hydrogen) atoms. The molecule has 0 saturated heterocycles. The normalized spacial score (nSPS) is 18.6. The summed E-state index contributed by atoms with van der Waals surface area (Å²) in [5, 5.41) is 3.18. The van der Waals surface area contributed by atoms with Crippen molar-refractivity contribution in [2.24, 2.45) is 5.92 Å². The molecular formula is C12H15F2N. The van der Waals surface area contributed by atoms with Gasteiger partial charge in [0.2, 0.25) is 0 Å². The lowest BCUT2D eigenvalue weighted by molar-refractivity contribution is 0.239. The van der Waals surface area contributed by atoms with Gasteiger partial charge in [0.25, 0.3) is 0 Å². The predicted octanol–water partition coefficient (Wildman–Crippen LogP) is 3.03. The second-order valence-corrected chi connectivity index (χ2v) is 4.13. The van der Waals surface area contributed by atoms with E-state index < -0.39 is 11.6 Å². The molecule has 82 valence electrons. The van der Waals surface area contributed by atoms with Crippen molar-refractivity contribution in [3.05, 3.63) is 35.4 Å². The second-order valence-electron chi connectivity index (χ2n) is 4.13. The molecule has 1 fully saturated rings. The van der Waals surface area contributed by atoms with Gasteiger partial charge in [-0.05, 0) is 43.5 Å². The van der Waals surface area contributed by atoms with Gasteiger partial charge < -0.3 is 5.32 Å². The van der Waals surface area contributed by atoms with Crippen LogP contribution in [0.15, 0.2) is 18.2 Å². The van der Waals surface area contributed by atoms with Gasteiger partial charge in [-0.1, -0.05) is 12.5 Å². The van der Waals surface area contributed by atoms with Crippen molar-refractivity contribution in [3.63, 3.8) is 0 Å². The van der Waals surface area contributed by atoms with Crippen LogP contribution in [0.25, 0.3) is 0 Å². The highest BCUT2D eigenvalue weighted by Crippen LogP contribution is 2.37. The standard InChI is InChI=1S/C12H15F2N/c1-15-12(8-3-2-4-8)9-5-6-10(13)11(14)7-9/h5-8,12,15H,2-4H2,1H3. The van der Waals surface area contributed by atoms with Crippen LogP contribution in [0.2, 0.25) is 0 Å². The van der Waals surface area contributed by atoms with Crippen LogP contribution in [0.4, 0.5) is 8.78 Å². The van der Waals surface area contributed by atoms with E-state index in [9.17, 15) is 8.78 Å². The summed E-state index contributed by atoms with van der Waals surface area (Å²) >= 11 is 0. The van der Waals surface area contributed by atoms with E-state index in [1.54, 1.807) is 6.07 Å². The lowest BCUT2D eigenvalue weighted by Gasteiger charge is -2.33. The smallest absolute Gasteiger partial charge is 0.159 e. The Morgan fingerprint density at radius 2 is 2.00 bits per heavy atom. The lowest BCUT2D eigenvalue weighted by atomic mass is 9.77. The lowest BCUT2D eigenvalue weighted by Crippen LogP contribution is -2.29. The van der Waals surface area contributed by atoms with E-state index in [0.717, 1.165) is 5.56 Å². The number of rotatable bonds is 3. The van der Waals surface area contributed by atoms with E-state index in [1.165, 1.54) is 31.4 Å². The topological polar surface area (TPSA) is 12.0 Å². The molecule has 1 aromatic rings. The molecule has 1 nitrogen and oxygen atoms in total. The summed E-state index contributed by atoms with van der Waals surface area (Å²) in [5.41, 5.74) is 0.848. The predicted molar refractivity (Wildman–Crippen MR) is 55.5 cm³/mol. The van der Waals surface area contributed by atoms with Crippen molar-refractivity contribution < 1.29 is 8.78 Å². The van der Waals surface area contributed by atoms with E-state index in [2.05, 4.69) is 5.32 Å². The molecule has 0 aromatic heterocycles. The molecule has 1 saturated carbocycles. The molecule has 0 bridgehead atoms. The molecule has 2 rings (SSSR count). The van der Waals surface area contributed by atoms with Gasteiger partial charge in [-0.25, -0.2) is 8.78 Å². The maximum atomic E-state index is 13.1. The van der Waals surface area contributed by atoms with Crippen molar-refractivity contribution in [2.75, 3.05) is 7.05 Å².